The first-order chi connectivity index (χ1) is 29.6. The number of pyridine rings is 1. The number of carboxylic acids is 1. The molecule has 346 valence electrons. The number of likely N-dealkylation sites (N-methyl/N-ethyl adjacent to an activating group) is 1. The Morgan fingerprint density at radius 3 is 2.31 bits per heavy atom. The Labute approximate surface area is 363 Å². The average molecular weight is 874 g/mol. The zero-order valence-corrected chi connectivity index (χ0v) is 36.8. The first-order valence-corrected chi connectivity index (χ1v) is 21.3. The lowest BCUT2D eigenvalue weighted by atomic mass is 10.0. The van der Waals surface area contributed by atoms with Crippen LogP contribution in [0.4, 0.5) is 4.79 Å². The largest absolute Gasteiger partial charge is 0.481 e. The number of fused-ring (bicyclic) bond motifs is 1. The molecule has 0 radical (unpaired) electrons. The molecule has 3 heterocycles. The molecule has 1 aliphatic heterocycles. The quantitative estimate of drug-likeness (QED) is 0.0436. The van der Waals surface area contributed by atoms with Gasteiger partial charge in [-0.25, -0.2) is 14.8 Å². The Bertz CT molecular complexity index is 1780. The molecule has 8 N–H and O–H groups in total. The fourth-order valence-corrected chi connectivity index (χ4v) is 7.16. The van der Waals surface area contributed by atoms with E-state index >= 15 is 0 Å². The van der Waals surface area contributed by atoms with Crippen LogP contribution in [0, 0.1) is 5.92 Å². The summed E-state index contributed by atoms with van der Waals surface area (Å²) in [6.45, 7) is 6.49. The van der Waals surface area contributed by atoms with E-state index in [2.05, 4.69) is 42.3 Å². The van der Waals surface area contributed by atoms with Crippen LogP contribution in [-0.2, 0) is 51.3 Å². The van der Waals surface area contributed by atoms with Gasteiger partial charge in [0, 0.05) is 89.4 Å². The smallest absolute Gasteiger partial charge is 0.312 e. The first kappa shape index (κ1) is 51.0. The maximum atomic E-state index is 13.8. The standard InChI is InChI=1S/C41H67N11O10/c1-28(2)37(40(59)47-32(39(58)43-3)9-7-17-46-41(42)60)48-33(53)10-11-35(55)51(21-23-62-25-24-61-22-15-36(56)57)30-12-18-50(19-13-30)34(54)14-20-52-31(27-49(5)44-4)26-29-8-6-16-45-38(29)52/h6,8,16,26,28,30,32,37,44H,7,9-15,17-25,27H2,1-5H3,(H,43,58)(H,47,59)(H,48,53)(H,56,57)(H3,42,46,60)/t32-,37-/m0/s1. The minimum Gasteiger partial charge on any atom is -0.481 e. The highest BCUT2D eigenvalue weighted by molar-refractivity contribution is 5.93. The molecule has 3 rings (SSSR count). The number of carbonyl (C=O) groups excluding carboxylic acids is 6. The van der Waals surface area contributed by atoms with Crippen molar-refractivity contribution in [2.75, 3.05) is 73.7 Å². The van der Waals surface area contributed by atoms with Crippen molar-refractivity contribution >= 4 is 52.6 Å². The molecule has 0 aromatic carbocycles. The molecule has 0 aliphatic carbocycles. The van der Waals surface area contributed by atoms with E-state index in [-0.39, 0.29) is 95.4 Å². The Hall–Kier alpha value is -5.38. The molecule has 0 spiro atoms. The van der Waals surface area contributed by atoms with Crippen LogP contribution in [0.1, 0.15) is 70.9 Å². The van der Waals surface area contributed by atoms with E-state index in [0.29, 0.717) is 45.4 Å². The molecule has 2 aromatic heterocycles. The van der Waals surface area contributed by atoms with Crippen molar-refractivity contribution in [2.24, 2.45) is 11.7 Å². The van der Waals surface area contributed by atoms with Crippen molar-refractivity contribution in [2.45, 2.75) is 96.4 Å². The Balaban J connectivity index is 1.61. The molecule has 0 unspecified atom stereocenters. The highest BCUT2D eigenvalue weighted by Crippen LogP contribution is 2.22. The number of aliphatic carboxylic acids is 1. The lowest BCUT2D eigenvalue weighted by Gasteiger charge is -2.39. The van der Waals surface area contributed by atoms with Crippen molar-refractivity contribution in [1.29, 1.82) is 0 Å². The number of amides is 7. The van der Waals surface area contributed by atoms with E-state index in [0.717, 1.165) is 16.7 Å². The van der Waals surface area contributed by atoms with Crippen molar-refractivity contribution in [3.8, 4) is 0 Å². The second kappa shape index (κ2) is 26.8. The fourth-order valence-electron chi connectivity index (χ4n) is 7.16. The Morgan fingerprint density at radius 1 is 0.952 bits per heavy atom. The molecule has 2 atom stereocenters. The van der Waals surface area contributed by atoms with E-state index in [9.17, 15) is 33.6 Å². The number of primary amides is 1. The summed E-state index contributed by atoms with van der Waals surface area (Å²) in [5.74, 6) is -3.12. The number of nitrogens with one attached hydrogen (secondary N) is 5. The summed E-state index contributed by atoms with van der Waals surface area (Å²) >= 11 is 0. The second-order valence-electron chi connectivity index (χ2n) is 15.5. The lowest BCUT2D eigenvalue weighted by molar-refractivity contribution is -0.139. The maximum Gasteiger partial charge on any atom is 0.312 e. The van der Waals surface area contributed by atoms with Gasteiger partial charge < -0.3 is 55.9 Å². The number of piperidine rings is 1. The molecule has 1 fully saturated rings. The third kappa shape index (κ3) is 17.2. The SMILES string of the molecule is CNC(=O)[C@H](CCCNC(N)=O)NC(=O)[C@@H](NC(=O)CCC(=O)N(CCOCCOCCC(=O)O)C1CCN(C(=O)CCn2c(CN(C)NC)cc3cccnc32)CC1)C(C)C. The number of carboxylic acid groups (broad SMARTS) is 1. The normalized spacial score (nSPS) is 14.1. The predicted molar refractivity (Wildman–Crippen MR) is 229 cm³/mol. The van der Waals surface area contributed by atoms with Crippen LogP contribution in [0.3, 0.4) is 0 Å². The van der Waals surface area contributed by atoms with Crippen LogP contribution < -0.4 is 32.4 Å². The van der Waals surface area contributed by atoms with E-state index in [1.807, 2.05) is 36.1 Å². The van der Waals surface area contributed by atoms with Gasteiger partial charge in [0.05, 0.1) is 39.4 Å². The zero-order valence-electron chi connectivity index (χ0n) is 36.8. The zero-order chi connectivity index (χ0) is 45.6. The Kier molecular flexibility index (Phi) is 22.1. The number of hydrogen-bond donors (Lipinski definition) is 7. The van der Waals surface area contributed by atoms with Crippen LogP contribution >= 0.6 is 0 Å². The van der Waals surface area contributed by atoms with Gasteiger partial charge in [-0.05, 0) is 56.8 Å². The summed E-state index contributed by atoms with van der Waals surface area (Å²) in [6, 6.07) is 3.13. The van der Waals surface area contributed by atoms with Crippen LogP contribution in [0.25, 0.3) is 11.0 Å². The highest BCUT2D eigenvalue weighted by atomic mass is 16.5. The highest BCUT2D eigenvalue weighted by Gasteiger charge is 2.32. The second-order valence-corrected chi connectivity index (χ2v) is 15.5. The molecule has 0 bridgehead atoms. The molecular weight excluding hydrogens is 807 g/mol. The molecular formula is C41H67N11O10. The molecule has 1 saturated heterocycles. The van der Waals surface area contributed by atoms with Crippen molar-refractivity contribution in [3.05, 3.63) is 30.1 Å². The van der Waals surface area contributed by atoms with E-state index in [1.54, 1.807) is 24.9 Å². The van der Waals surface area contributed by atoms with Gasteiger partial charge in [0.25, 0.3) is 0 Å². The van der Waals surface area contributed by atoms with Crippen LogP contribution in [-0.4, -0.2) is 163 Å². The number of nitrogens with zero attached hydrogens (tertiary/aromatic N) is 5. The first-order valence-electron chi connectivity index (χ1n) is 21.3. The van der Waals surface area contributed by atoms with Crippen LogP contribution in [0.15, 0.2) is 24.4 Å². The summed E-state index contributed by atoms with van der Waals surface area (Å²) in [5.41, 5.74) is 10.1. The van der Waals surface area contributed by atoms with Gasteiger partial charge >= 0.3 is 12.0 Å². The monoisotopic (exact) mass is 874 g/mol. The molecule has 62 heavy (non-hydrogen) atoms. The number of aryl methyl sites for hydroxylation is 1. The minimum atomic E-state index is -0.994. The summed E-state index contributed by atoms with van der Waals surface area (Å²) in [5, 5.41) is 22.1. The number of ether oxygens (including phenoxy) is 2. The number of nitrogens with two attached hydrogens (primary N) is 1. The molecule has 21 heteroatoms. The van der Waals surface area contributed by atoms with Crippen molar-refractivity contribution < 1.29 is 48.1 Å². The topological polar surface area (TPSA) is 272 Å². The van der Waals surface area contributed by atoms with Crippen molar-refractivity contribution in [1.82, 2.24) is 51.1 Å². The molecule has 1 aliphatic rings. The molecule has 7 amide bonds. The third-order valence-electron chi connectivity index (χ3n) is 10.6. The van der Waals surface area contributed by atoms with Crippen molar-refractivity contribution in [3.63, 3.8) is 0 Å². The number of likely N-dealkylation sites (tertiary alicyclic amines) is 1. The van der Waals surface area contributed by atoms with Crippen LogP contribution in [0.5, 0.6) is 0 Å². The fraction of sp³-hybridized carbons (Fsp3) is 0.659. The van der Waals surface area contributed by atoms with Gasteiger partial charge in [-0.1, -0.05) is 13.8 Å². The summed E-state index contributed by atoms with van der Waals surface area (Å²) in [4.78, 5) is 96.3. The van der Waals surface area contributed by atoms with Gasteiger partial charge in [-0.2, -0.15) is 0 Å². The minimum absolute atomic E-state index is 0.000380. The van der Waals surface area contributed by atoms with E-state index in [1.165, 1.54) is 7.05 Å². The predicted octanol–water partition coefficient (Wildman–Crippen LogP) is -0.0796. The molecule has 0 saturated carbocycles. The lowest BCUT2D eigenvalue weighted by Crippen LogP contribution is -2.55. The van der Waals surface area contributed by atoms with Gasteiger partial charge in [-0.15, -0.1) is 0 Å². The Morgan fingerprint density at radius 2 is 1.66 bits per heavy atom. The summed E-state index contributed by atoms with van der Waals surface area (Å²) in [7, 11) is 5.22. The summed E-state index contributed by atoms with van der Waals surface area (Å²) < 4.78 is 13.1. The average Bonchev–Trinajstić information content (AvgIpc) is 3.59. The number of hydrogen-bond acceptors (Lipinski definition) is 12. The number of aromatic nitrogens is 2. The third-order valence-corrected chi connectivity index (χ3v) is 10.6. The number of rotatable bonds is 28. The number of hydrazine groups is 1. The van der Waals surface area contributed by atoms with E-state index < -0.39 is 41.8 Å². The molecule has 2 aromatic rings. The van der Waals surface area contributed by atoms with Crippen LogP contribution in [0.2, 0.25) is 0 Å². The maximum absolute atomic E-state index is 13.8. The van der Waals surface area contributed by atoms with Gasteiger partial charge in [0.15, 0.2) is 0 Å². The summed E-state index contributed by atoms with van der Waals surface area (Å²) in [6.07, 6.45) is 3.17. The van der Waals surface area contributed by atoms with E-state index in [4.69, 9.17) is 20.3 Å². The van der Waals surface area contributed by atoms with Gasteiger partial charge in [0.1, 0.15) is 17.7 Å². The van der Waals surface area contributed by atoms with Gasteiger partial charge in [-0.3, -0.25) is 34.2 Å². The number of urea groups is 1. The number of carbonyl (C=O) groups is 7. The molecule has 21 nitrogen and oxygen atoms in total. The van der Waals surface area contributed by atoms with Gasteiger partial charge in [0.2, 0.25) is 29.5 Å².